The van der Waals surface area contributed by atoms with Gasteiger partial charge in [-0.25, -0.2) is 18.2 Å². The van der Waals surface area contributed by atoms with Gasteiger partial charge >= 0.3 is 6.09 Å². The van der Waals surface area contributed by atoms with Crippen LogP contribution < -0.4 is 24.8 Å². The molecule has 4 fully saturated rings. The second-order valence-corrected chi connectivity index (χ2v) is 18.6. The molecule has 4 amide bonds. The van der Waals surface area contributed by atoms with Crippen LogP contribution in [0.25, 0.3) is 33.0 Å². The Kier molecular flexibility index (Phi) is 10.4. The number of nitrogens with one attached hydrogen (secondary N) is 3. The number of carbonyl (C=O) groups excluding carboxylic acids is 4. The number of amides is 4. The van der Waals surface area contributed by atoms with Crippen molar-refractivity contribution in [1.29, 1.82) is 0 Å². The summed E-state index contributed by atoms with van der Waals surface area (Å²) in [6.07, 6.45) is 10.0. The van der Waals surface area contributed by atoms with Gasteiger partial charge in [-0.05, 0) is 88.5 Å². The molecule has 4 heterocycles. The van der Waals surface area contributed by atoms with E-state index in [9.17, 15) is 27.6 Å². The summed E-state index contributed by atoms with van der Waals surface area (Å²) in [4.78, 5) is 62.9. The fourth-order valence-electron chi connectivity index (χ4n) is 8.93. The van der Waals surface area contributed by atoms with E-state index in [2.05, 4.69) is 15.4 Å². The third kappa shape index (κ3) is 7.78. The number of alkyl carbamates (subject to hydrolysis) is 1. The molecule has 16 heteroatoms. The molecule has 0 radical (unpaired) electrons. The molecule has 3 aliphatic carbocycles. The van der Waals surface area contributed by atoms with Crippen molar-refractivity contribution >= 4 is 66.8 Å². The third-order valence-electron chi connectivity index (χ3n) is 12.5. The van der Waals surface area contributed by atoms with Crippen molar-refractivity contribution in [2.24, 2.45) is 5.92 Å². The van der Waals surface area contributed by atoms with Crippen LogP contribution in [0, 0.1) is 5.92 Å². The van der Waals surface area contributed by atoms with Gasteiger partial charge in [-0.15, -0.1) is 0 Å². The number of aromatic nitrogens is 1. The molecule has 0 bridgehead atoms. The quantitative estimate of drug-likeness (QED) is 0.189. The van der Waals surface area contributed by atoms with E-state index in [0.29, 0.717) is 71.2 Å². The number of rotatable bonds is 8. The number of allylic oxidation sites excluding steroid dienone is 1. The van der Waals surface area contributed by atoms with Crippen LogP contribution in [0.5, 0.6) is 11.5 Å². The maximum Gasteiger partial charge on any atom is 0.408 e. The number of benzene rings is 2. The van der Waals surface area contributed by atoms with Gasteiger partial charge in [-0.1, -0.05) is 37.1 Å². The molecule has 9 rings (SSSR count). The van der Waals surface area contributed by atoms with Crippen molar-refractivity contribution in [3.05, 3.63) is 54.6 Å². The predicted octanol–water partition coefficient (Wildman–Crippen LogP) is 5.53. The SMILES string of the molecule is COc1ccc2c(O[C@@H]3C[C@H]4C(=O)N[C@]5(C(=O)NS(=O)(=O)C6CC6)C[C@H]5C=CCCCCC[C@H](NC(=O)OC5CCCC5)C(=O)N4C3)c3oc4ccccc4c3nc2c1. The van der Waals surface area contributed by atoms with E-state index in [4.69, 9.17) is 23.6 Å². The normalized spacial score (nSPS) is 26.8. The number of hydrogen-bond acceptors (Lipinski definition) is 11. The second-order valence-electron chi connectivity index (χ2n) is 16.6. The first kappa shape index (κ1) is 39.1. The molecule has 59 heavy (non-hydrogen) atoms. The fourth-order valence-corrected chi connectivity index (χ4v) is 10.3. The molecule has 2 aliphatic heterocycles. The van der Waals surface area contributed by atoms with Gasteiger partial charge in [0.2, 0.25) is 21.8 Å². The molecule has 15 nitrogen and oxygen atoms in total. The van der Waals surface area contributed by atoms with Gasteiger partial charge in [0, 0.05) is 29.2 Å². The summed E-state index contributed by atoms with van der Waals surface area (Å²) in [7, 11) is -2.34. The van der Waals surface area contributed by atoms with Gasteiger partial charge in [-0.3, -0.25) is 19.1 Å². The predicted molar refractivity (Wildman–Crippen MR) is 217 cm³/mol. The summed E-state index contributed by atoms with van der Waals surface area (Å²) >= 11 is 0. The Balaban J connectivity index is 1.07. The molecule has 5 atom stereocenters. The molecule has 2 aromatic heterocycles. The average molecular weight is 828 g/mol. The fraction of sp³-hybridized carbons (Fsp3) is 0.512. The number of sulfonamides is 1. The van der Waals surface area contributed by atoms with Gasteiger partial charge in [-0.2, -0.15) is 0 Å². The van der Waals surface area contributed by atoms with E-state index in [1.54, 1.807) is 19.2 Å². The van der Waals surface area contributed by atoms with Crippen LogP contribution in [-0.2, 0) is 29.1 Å². The van der Waals surface area contributed by atoms with Crippen molar-refractivity contribution in [1.82, 2.24) is 25.2 Å². The number of ether oxygens (including phenoxy) is 3. The highest BCUT2D eigenvalue weighted by molar-refractivity contribution is 7.91. The summed E-state index contributed by atoms with van der Waals surface area (Å²) in [6, 6.07) is 10.8. The van der Waals surface area contributed by atoms with E-state index in [1.807, 2.05) is 42.5 Å². The summed E-state index contributed by atoms with van der Waals surface area (Å²) in [5.74, 6) is -1.36. The minimum atomic E-state index is -3.91. The monoisotopic (exact) mass is 827 g/mol. The number of nitrogens with zero attached hydrogens (tertiary/aromatic N) is 2. The number of carbonyl (C=O) groups is 4. The lowest BCUT2D eigenvalue weighted by atomic mass is 10.0. The minimum Gasteiger partial charge on any atom is -0.497 e. The van der Waals surface area contributed by atoms with Crippen molar-refractivity contribution < 1.29 is 46.2 Å². The largest absolute Gasteiger partial charge is 0.497 e. The Morgan fingerprint density at radius 3 is 2.56 bits per heavy atom. The zero-order valence-electron chi connectivity index (χ0n) is 32.9. The molecule has 3 saturated carbocycles. The smallest absolute Gasteiger partial charge is 0.408 e. The lowest BCUT2D eigenvalue weighted by Gasteiger charge is -2.30. The highest BCUT2D eigenvalue weighted by Gasteiger charge is 2.62. The summed E-state index contributed by atoms with van der Waals surface area (Å²) in [5, 5.41) is 6.53. The Labute approximate surface area is 341 Å². The summed E-state index contributed by atoms with van der Waals surface area (Å²) < 4.78 is 52.5. The van der Waals surface area contributed by atoms with Gasteiger partial charge < -0.3 is 34.2 Å². The molecule has 3 N–H and O–H groups in total. The number of hydrogen-bond donors (Lipinski definition) is 3. The molecule has 5 aliphatic rings. The van der Waals surface area contributed by atoms with Crippen molar-refractivity contribution in [3.63, 3.8) is 0 Å². The first-order valence-electron chi connectivity index (χ1n) is 20.8. The van der Waals surface area contributed by atoms with Crippen molar-refractivity contribution in [3.8, 4) is 11.5 Å². The lowest BCUT2D eigenvalue weighted by Crippen LogP contribution is -2.58. The maximum atomic E-state index is 14.8. The highest BCUT2D eigenvalue weighted by atomic mass is 32.2. The first-order chi connectivity index (χ1) is 28.5. The Hall–Kier alpha value is -5.38. The number of methoxy groups -OCH3 is 1. The number of para-hydroxylation sites is 1. The van der Waals surface area contributed by atoms with Crippen LogP contribution in [0.2, 0.25) is 0 Å². The van der Waals surface area contributed by atoms with Crippen LogP contribution >= 0.6 is 0 Å². The zero-order valence-corrected chi connectivity index (χ0v) is 33.8. The number of furan rings is 1. The van der Waals surface area contributed by atoms with Gasteiger partial charge in [0.25, 0.3) is 5.91 Å². The van der Waals surface area contributed by atoms with Crippen LogP contribution in [0.3, 0.4) is 0 Å². The van der Waals surface area contributed by atoms with Crippen LogP contribution in [-0.4, -0.2) is 90.9 Å². The topological polar surface area (TPSA) is 195 Å². The van der Waals surface area contributed by atoms with E-state index in [1.165, 1.54) is 4.90 Å². The van der Waals surface area contributed by atoms with Gasteiger partial charge in [0.05, 0.1) is 24.4 Å². The molecule has 0 spiro atoms. The molecule has 4 aromatic rings. The van der Waals surface area contributed by atoms with Crippen LogP contribution in [0.1, 0.15) is 83.5 Å². The molecule has 2 aromatic carbocycles. The van der Waals surface area contributed by atoms with Crippen LogP contribution in [0.4, 0.5) is 4.79 Å². The standard InChI is InChI=1S/C43H49N5O10S/c1-55-27-17-20-30-33(21-27)44-36-31-14-9-10-16-35(31)58-38(36)37(30)56-28-22-34-39(49)46-43(41(51)47-59(53,54)29-18-19-29)23-25(43)11-5-3-2-4-6-15-32(40(50)48(34)24-28)45-42(52)57-26-12-7-8-13-26/h5,9-11,14,16-17,20-21,25-26,28-29,32,34H,2-4,6-8,12-13,15,18-19,22-24H2,1H3,(H,45,52)(H,46,49)(H,47,51)/t25-,28-,32+,34+,43-/m1/s1. The van der Waals surface area contributed by atoms with E-state index < -0.39 is 68.7 Å². The summed E-state index contributed by atoms with van der Waals surface area (Å²) in [5.41, 5.74) is 0.650. The Morgan fingerprint density at radius 2 is 1.76 bits per heavy atom. The van der Waals surface area contributed by atoms with Gasteiger partial charge in [0.1, 0.15) is 46.7 Å². The zero-order chi connectivity index (χ0) is 40.9. The maximum absolute atomic E-state index is 14.8. The Bertz CT molecular complexity index is 2460. The lowest BCUT2D eigenvalue weighted by molar-refractivity contribution is -0.141. The number of fused-ring (bicyclic) bond motifs is 6. The first-order valence-corrected chi connectivity index (χ1v) is 22.4. The van der Waals surface area contributed by atoms with E-state index in [-0.39, 0.29) is 25.5 Å². The van der Waals surface area contributed by atoms with Crippen molar-refractivity contribution in [2.75, 3.05) is 13.7 Å². The second kappa shape index (κ2) is 15.7. The molecule has 312 valence electrons. The number of pyridine rings is 1. The van der Waals surface area contributed by atoms with Gasteiger partial charge in [0.15, 0.2) is 11.3 Å². The van der Waals surface area contributed by atoms with Crippen LogP contribution in [0.15, 0.2) is 59.0 Å². The molecule has 1 saturated heterocycles. The molecule has 0 unspecified atom stereocenters. The summed E-state index contributed by atoms with van der Waals surface area (Å²) in [6.45, 7) is -0.0347. The minimum absolute atomic E-state index is 0.0249. The Morgan fingerprint density at radius 1 is 0.966 bits per heavy atom. The molecular weight excluding hydrogens is 779 g/mol. The third-order valence-corrected chi connectivity index (χ3v) is 14.3. The highest BCUT2D eigenvalue weighted by Crippen LogP contribution is 2.46. The molecular formula is C43H49N5O10S. The van der Waals surface area contributed by atoms with E-state index >= 15 is 0 Å². The van der Waals surface area contributed by atoms with Crippen molar-refractivity contribution in [2.45, 2.75) is 119 Å². The van der Waals surface area contributed by atoms with E-state index in [0.717, 1.165) is 43.9 Å². The average Bonchev–Trinajstić information content (AvgIpc) is 4.04.